The van der Waals surface area contributed by atoms with Crippen LogP contribution in [0.3, 0.4) is 0 Å². The molecule has 3 aromatic rings. The summed E-state index contributed by atoms with van der Waals surface area (Å²) in [6, 6.07) is 11.8. The van der Waals surface area contributed by atoms with E-state index < -0.39 is 0 Å². The lowest BCUT2D eigenvalue weighted by Crippen LogP contribution is -2.42. The predicted molar refractivity (Wildman–Crippen MR) is 115 cm³/mol. The third-order valence-corrected chi connectivity index (χ3v) is 5.52. The van der Waals surface area contributed by atoms with Gasteiger partial charge in [0.2, 0.25) is 0 Å². The van der Waals surface area contributed by atoms with Gasteiger partial charge in [0, 0.05) is 35.6 Å². The van der Waals surface area contributed by atoms with Crippen molar-refractivity contribution >= 4 is 28.3 Å². The number of amides is 1. The fourth-order valence-corrected chi connectivity index (χ4v) is 3.84. The average Bonchev–Trinajstić information content (AvgIpc) is 2.74. The second kappa shape index (κ2) is 8.07. The van der Waals surface area contributed by atoms with Crippen molar-refractivity contribution in [1.29, 1.82) is 0 Å². The van der Waals surface area contributed by atoms with E-state index in [1.54, 1.807) is 13.3 Å². The summed E-state index contributed by atoms with van der Waals surface area (Å²) in [5.74, 6) is 0.800. The number of piperidine rings is 1. The topological polar surface area (TPSA) is 67.3 Å². The molecule has 1 amide bonds. The summed E-state index contributed by atoms with van der Waals surface area (Å²) in [5.41, 5.74) is 3.72. The summed E-state index contributed by atoms with van der Waals surface area (Å²) < 4.78 is 5.25. The molecule has 1 aliphatic rings. The number of pyridine rings is 2. The Bertz CT molecular complexity index is 1030. The molecule has 0 saturated carbocycles. The number of benzene rings is 1. The van der Waals surface area contributed by atoms with E-state index in [1.807, 2.05) is 48.2 Å². The summed E-state index contributed by atoms with van der Waals surface area (Å²) in [6.45, 7) is 4.84. The minimum Gasteiger partial charge on any atom is -0.497 e. The van der Waals surface area contributed by atoms with E-state index in [1.165, 1.54) is 6.42 Å². The van der Waals surface area contributed by atoms with Crippen LogP contribution in [-0.2, 0) is 0 Å². The Morgan fingerprint density at radius 3 is 2.69 bits per heavy atom. The molecule has 0 spiro atoms. The quantitative estimate of drug-likeness (QED) is 0.699. The van der Waals surface area contributed by atoms with Crippen molar-refractivity contribution in [3.05, 3.63) is 53.9 Å². The van der Waals surface area contributed by atoms with Gasteiger partial charge in [0.15, 0.2) is 5.65 Å². The minimum atomic E-state index is 0.0168. The van der Waals surface area contributed by atoms with Crippen LogP contribution in [0, 0.1) is 6.92 Å². The molecular weight excluding hydrogens is 364 g/mol. The Hall–Kier alpha value is -3.15. The maximum atomic E-state index is 13.4. The lowest BCUT2D eigenvalue weighted by Gasteiger charge is -2.34. The Balaban J connectivity index is 1.79. The number of anilines is 2. The number of carbonyl (C=O) groups excluding carboxylic acids is 1. The number of aryl methyl sites for hydroxylation is 1. The molecule has 1 atom stereocenters. The number of nitrogens with one attached hydrogen (secondary N) is 1. The zero-order valence-electron chi connectivity index (χ0n) is 17.1. The number of likely N-dealkylation sites (tertiary alicyclic amines) is 1. The normalized spacial score (nSPS) is 16.7. The molecule has 0 radical (unpaired) electrons. The van der Waals surface area contributed by atoms with Crippen molar-refractivity contribution in [2.45, 2.75) is 39.2 Å². The zero-order valence-corrected chi connectivity index (χ0v) is 17.1. The Labute approximate surface area is 170 Å². The van der Waals surface area contributed by atoms with Crippen LogP contribution in [0.4, 0.5) is 11.4 Å². The third kappa shape index (κ3) is 3.88. The number of aromatic nitrogens is 2. The number of fused-ring (bicyclic) bond motifs is 1. The molecule has 1 fully saturated rings. The molecule has 1 N–H and O–H groups in total. The lowest BCUT2D eigenvalue weighted by atomic mass is 10.0. The first-order valence-corrected chi connectivity index (χ1v) is 10.0. The van der Waals surface area contributed by atoms with Crippen LogP contribution in [0.15, 0.2) is 42.6 Å². The van der Waals surface area contributed by atoms with E-state index in [-0.39, 0.29) is 11.9 Å². The van der Waals surface area contributed by atoms with Gasteiger partial charge in [-0.05, 0) is 69.5 Å². The first-order chi connectivity index (χ1) is 14.1. The average molecular weight is 390 g/mol. The number of methoxy groups -OCH3 is 1. The highest BCUT2D eigenvalue weighted by molar-refractivity contribution is 6.07. The van der Waals surface area contributed by atoms with Gasteiger partial charge in [-0.25, -0.2) is 9.97 Å². The van der Waals surface area contributed by atoms with Crippen LogP contribution in [-0.4, -0.2) is 40.5 Å². The highest BCUT2D eigenvalue weighted by Crippen LogP contribution is 2.31. The van der Waals surface area contributed by atoms with Crippen molar-refractivity contribution in [3.63, 3.8) is 0 Å². The van der Waals surface area contributed by atoms with E-state index in [0.717, 1.165) is 47.6 Å². The number of hydrogen-bond acceptors (Lipinski definition) is 5. The molecule has 1 aliphatic heterocycles. The van der Waals surface area contributed by atoms with Gasteiger partial charge in [-0.2, -0.15) is 0 Å². The first kappa shape index (κ1) is 19.2. The molecule has 1 saturated heterocycles. The van der Waals surface area contributed by atoms with Gasteiger partial charge in [-0.1, -0.05) is 0 Å². The third-order valence-electron chi connectivity index (χ3n) is 5.52. The van der Waals surface area contributed by atoms with E-state index in [0.29, 0.717) is 11.2 Å². The molecule has 2 aromatic heterocycles. The molecule has 4 rings (SSSR count). The van der Waals surface area contributed by atoms with Crippen molar-refractivity contribution in [2.75, 3.05) is 19.0 Å². The molecule has 29 heavy (non-hydrogen) atoms. The smallest absolute Gasteiger partial charge is 0.257 e. The summed E-state index contributed by atoms with van der Waals surface area (Å²) in [7, 11) is 1.64. The van der Waals surface area contributed by atoms with Crippen LogP contribution in [0.2, 0.25) is 0 Å². The van der Waals surface area contributed by atoms with Gasteiger partial charge < -0.3 is 15.0 Å². The van der Waals surface area contributed by atoms with E-state index in [4.69, 9.17) is 4.74 Å². The van der Waals surface area contributed by atoms with Gasteiger partial charge in [0.05, 0.1) is 18.4 Å². The lowest BCUT2D eigenvalue weighted by molar-refractivity contribution is 0.0636. The first-order valence-electron chi connectivity index (χ1n) is 10.0. The molecule has 1 aromatic carbocycles. The summed E-state index contributed by atoms with van der Waals surface area (Å²) >= 11 is 0. The zero-order chi connectivity index (χ0) is 20.4. The van der Waals surface area contributed by atoms with E-state index in [2.05, 4.69) is 22.2 Å². The minimum absolute atomic E-state index is 0.0168. The fraction of sp³-hybridized carbons (Fsp3) is 0.348. The number of ether oxygens (including phenoxy) is 1. The van der Waals surface area contributed by atoms with E-state index >= 15 is 0 Å². The van der Waals surface area contributed by atoms with Crippen molar-refractivity contribution in [2.24, 2.45) is 0 Å². The monoisotopic (exact) mass is 390 g/mol. The number of hydrogen-bond donors (Lipinski definition) is 1. The molecular formula is C23H26N4O2. The maximum absolute atomic E-state index is 13.4. The van der Waals surface area contributed by atoms with Gasteiger partial charge in [0.1, 0.15) is 5.75 Å². The second-order valence-electron chi connectivity index (χ2n) is 7.57. The van der Waals surface area contributed by atoms with E-state index in [9.17, 15) is 4.79 Å². The van der Waals surface area contributed by atoms with Crippen molar-refractivity contribution in [3.8, 4) is 5.75 Å². The van der Waals surface area contributed by atoms with Gasteiger partial charge in [0.25, 0.3) is 5.91 Å². The Morgan fingerprint density at radius 2 is 1.97 bits per heavy atom. The number of nitrogens with zero attached hydrogens (tertiary/aromatic N) is 3. The standard InChI is InChI=1S/C23H26N4O2/c1-15-7-12-19-21(26-17-8-10-18(29-3)11-9-17)20(14-24-22(19)25-15)23(28)27-13-5-4-6-16(27)2/h7-12,14,16H,4-6,13H2,1-3H3,(H,24,25,26)/t16-/m1/s1. The van der Waals surface area contributed by atoms with Crippen LogP contribution in [0.1, 0.15) is 42.2 Å². The molecule has 0 unspecified atom stereocenters. The van der Waals surface area contributed by atoms with Gasteiger partial charge in [-0.3, -0.25) is 4.79 Å². The van der Waals surface area contributed by atoms with Crippen LogP contribution in [0.25, 0.3) is 11.0 Å². The van der Waals surface area contributed by atoms with Gasteiger partial charge >= 0.3 is 0 Å². The molecule has 0 aliphatic carbocycles. The van der Waals surface area contributed by atoms with Crippen molar-refractivity contribution in [1.82, 2.24) is 14.9 Å². The maximum Gasteiger partial charge on any atom is 0.257 e. The SMILES string of the molecule is COc1ccc(Nc2c(C(=O)N3CCCC[C@H]3C)cnc3nc(C)ccc23)cc1. The van der Waals surface area contributed by atoms with Crippen molar-refractivity contribution < 1.29 is 9.53 Å². The molecule has 150 valence electrons. The van der Waals surface area contributed by atoms with Gasteiger partial charge in [-0.15, -0.1) is 0 Å². The Morgan fingerprint density at radius 1 is 1.17 bits per heavy atom. The van der Waals surface area contributed by atoms with Crippen LogP contribution in [0.5, 0.6) is 5.75 Å². The molecule has 6 nitrogen and oxygen atoms in total. The predicted octanol–water partition coefficient (Wildman–Crippen LogP) is 4.71. The molecule has 6 heteroatoms. The summed E-state index contributed by atoms with van der Waals surface area (Å²) in [4.78, 5) is 24.4. The van der Waals surface area contributed by atoms with Crippen LogP contribution >= 0.6 is 0 Å². The summed E-state index contributed by atoms with van der Waals surface area (Å²) in [5, 5.41) is 4.27. The number of rotatable bonds is 4. The molecule has 3 heterocycles. The molecule has 0 bridgehead atoms. The number of carbonyl (C=O) groups is 1. The second-order valence-corrected chi connectivity index (χ2v) is 7.57. The highest BCUT2D eigenvalue weighted by Gasteiger charge is 2.27. The highest BCUT2D eigenvalue weighted by atomic mass is 16.5. The largest absolute Gasteiger partial charge is 0.497 e. The van der Waals surface area contributed by atoms with Crippen LogP contribution < -0.4 is 10.1 Å². The Kier molecular flexibility index (Phi) is 5.34. The fourth-order valence-electron chi connectivity index (χ4n) is 3.84. The summed E-state index contributed by atoms with van der Waals surface area (Å²) in [6.07, 6.45) is 4.90.